The van der Waals surface area contributed by atoms with E-state index in [4.69, 9.17) is 10.5 Å². The lowest BCUT2D eigenvalue weighted by atomic mass is 10.2. The number of nitrogens with two attached hydrogens (primary N) is 1. The van der Waals surface area contributed by atoms with Crippen LogP contribution in [0.4, 0.5) is 5.69 Å². The zero-order valence-corrected chi connectivity index (χ0v) is 11.0. The third kappa shape index (κ3) is 2.73. The van der Waals surface area contributed by atoms with Crippen LogP contribution in [-0.4, -0.2) is 20.7 Å². The summed E-state index contributed by atoms with van der Waals surface area (Å²) < 4.78 is 6.69. The van der Waals surface area contributed by atoms with E-state index in [9.17, 15) is 4.79 Å². The van der Waals surface area contributed by atoms with Crippen LogP contribution in [0.1, 0.15) is 28.7 Å². The smallest absolute Gasteiger partial charge is 0.359 e. The number of anilines is 1. The van der Waals surface area contributed by atoms with Crippen LogP contribution >= 0.6 is 0 Å². The van der Waals surface area contributed by atoms with Crippen molar-refractivity contribution in [2.24, 2.45) is 7.05 Å². The predicted molar refractivity (Wildman–Crippen MR) is 70.4 cm³/mol. The highest BCUT2D eigenvalue weighted by Crippen LogP contribution is 2.18. The molecule has 0 spiro atoms. The standard InChI is InChI=1S/C13H16N4O2/c1-3-10-11(14)12(17(2)16-10)13(18)19-8-9-4-6-15-7-5-9/h4-7H,3,8,14H2,1-2H3. The van der Waals surface area contributed by atoms with Crippen molar-refractivity contribution in [3.05, 3.63) is 41.5 Å². The zero-order chi connectivity index (χ0) is 13.8. The van der Waals surface area contributed by atoms with Crippen LogP contribution in [0.5, 0.6) is 0 Å². The first-order valence-electron chi connectivity index (χ1n) is 6.00. The Labute approximate surface area is 111 Å². The van der Waals surface area contributed by atoms with E-state index in [0.717, 1.165) is 5.56 Å². The van der Waals surface area contributed by atoms with Crippen molar-refractivity contribution in [1.82, 2.24) is 14.8 Å². The number of nitrogen functional groups attached to an aromatic ring is 1. The average Bonchev–Trinajstić information content (AvgIpc) is 2.72. The average molecular weight is 260 g/mol. The minimum Gasteiger partial charge on any atom is -0.456 e. The minimum atomic E-state index is -0.469. The fourth-order valence-corrected chi connectivity index (χ4v) is 1.80. The van der Waals surface area contributed by atoms with Gasteiger partial charge < -0.3 is 10.5 Å². The zero-order valence-electron chi connectivity index (χ0n) is 11.0. The van der Waals surface area contributed by atoms with Gasteiger partial charge in [-0.2, -0.15) is 5.10 Å². The first-order chi connectivity index (χ1) is 9.13. The molecule has 0 unspecified atom stereocenters. The van der Waals surface area contributed by atoms with Gasteiger partial charge in [-0.3, -0.25) is 9.67 Å². The summed E-state index contributed by atoms with van der Waals surface area (Å²) in [6.07, 6.45) is 3.98. The molecule has 0 aromatic carbocycles. The van der Waals surface area contributed by atoms with Gasteiger partial charge in [0.2, 0.25) is 0 Å². The maximum absolute atomic E-state index is 12.0. The molecule has 2 N–H and O–H groups in total. The molecule has 0 bridgehead atoms. The largest absolute Gasteiger partial charge is 0.456 e. The Bertz CT molecular complexity index is 578. The number of aromatic nitrogens is 3. The second kappa shape index (κ2) is 5.51. The lowest BCUT2D eigenvalue weighted by Crippen LogP contribution is -2.12. The van der Waals surface area contributed by atoms with Gasteiger partial charge in [0.1, 0.15) is 6.61 Å². The Morgan fingerprint density at radius 1 is 1.42 bits per heavy atom. The number of hydrogen-bond acceptors (Lipinski definition) is 5. The Morgan fingerprint density at radius 2 is 2.11 bits per heavy atom. The lowest BCUT2D eigenvalue weighted by Gasteiger charge is -2.05. The van der Waals surface area contributed by atoms with Crippen molar-refractivity contribution in [3.8, 4) is 0 Å². The number of esters is 1. The molecule has 0 saturated heterocycles. The van der Waals surface area contributed by atoms with Crippen molar-refractivity contribution in [1.29, 1.82) is 0 Å². The molecule has 2 rings (SSSR count). The summed E-state index contributed by atoms with van der Waals surface area (Å²) in [7, 11) is 1.68. The van der Waals surface area contributed by atoms with Crippen LogP contribution in [-0.2, 0) is 24.8 Å². The van der Waals surface area contributed by atoms with Crippen LogP contribution in [0, 0.1) is 0 Å². The number of nitrogens with zero attached hydrogens (tertiary/aromatic N) is 3. The van der Waals surface area contributed by atoms with E-state index in [2.05, 4.69) is 10.1 Å². The molecule has 2 aromatic heterocycles. The van der Waals surface area contributed by atoms with Gasteiger partial charge in [-0.05, 0) is 24.1 Å². The summed E-state index contributed by atoms with van der Waals surface area (Å²) in [4.78, 5) is 15.9. The van der Waals surface area contributed by atoms with Crippen molar-refractivity contribution in [2.75, 3.05) is 5.73 Å². The Balaban J connectivity index is 2.10. The summed E-state index contributed by atoms with van der Waals surface area (Å²) >= 11 is 0. The Hall–Kier alpha value is -2.37. The maximum atomic E-state index is 12.0. The highest BCUT2D eigenvalue weighted by Gasteiger charge is 2.20. The molecule has 2 heterocycles. The number of rotatable bonds is 4. The third-order valence-electron chi connectivity index (χ3n) is 2.81. The first kappa shape index (κ1) is 13.1. The number of aryl methyl sites for hydroxylation is 2. The van der Waals surface area contributed by atoms with Crippen LogP contribution in [0.15, 0.2) is 24.5 Å². The topological polar surface area (TPSA) is 83.0 Å². The molecular formula is C13H16N4O2. The molecule has 0 aliphatic rings. The minimum absolute atomic E-state index is 0.188. The summed E-state index contributed by atoms with van der Waals surface area (Å²) in [5.74, 6) is -0.469. The van der Waals surface area contributed by atoms with Crippen molar-refractivity contribution >= 4 is 11.7 Å². The molecule has 0 aliphatic heterocycles. The third-order valence-corrected chi connectivity index (χ3v) is 2.81. The van der Waals surface area contributed by atoms with E-state index in [1.807, 2.05) is 6.92 Å². The van der Waals surface area contributed by atoms with E-state index < -0.39 is 5.97 Å². The molecule has 19 heavy (non-hydrogen) atoms. The van der Waals surface area contributed by atoms with Gasteiger partial charge in [0, 0.05) is 19.4 Å². The van der Waals surface area contributed by atoms with Gasteiger partial charge in [-0.15, -0.1) is 0 Å². The van der Waals surface area contributed by atoms with Crippen molar-refractivity contribution in [2.45, 2.75) is 20.0 Å². The number of pyridine rings is 1. The molecule has 0 radical (unpaired) electrons. The van der Waals surface area contributed by atoms with Crippen molar-refractivity contribution in [3.63, 3.8) is 0 Å². The van der Waals surface area contributed by atoms with E-state index in [1.165, 1.54) is 4.68 Å². The molecule has 0 fully saturated rings. The SMILES string of the molecule is CCc1nn(C)c(C(=O)OCc2ccncc2)c1N. The predicted octanol–water partition coefficient (Wildman–Crippen LogP) is 1.32. The highest BCUT2D eigenvalue weighted by atomic mass is 16.5. The number of hydrogen-bond donors (Lipinski definition) is 1. The first-order valence-corrected chi connectivity index (χ1v) is 6.00. The summed E-state index contributed by atoms with van der Waals surface area (Å²) in [6.45, 7) is 2.12. The van der Waals surface area contributed by atoms with Gasteiger partial charge in [-0.1, -0.05) is 6.92 Å². The Morgan fingerprint density at radius 3 is 2.68 bits per heavy atom. The summed E-state index contributed by atoms with van der Waals surface area (Å²) in [6, 6.07) is 3.58. The number of carbonyl (C=O) groups excluding carboxylic acids is 1. The number of ether oxygens (including phenoxy) is 1. The fourth-order valence-electron chi connectivity index (χ4n) is 1.80. The molecule has 0 saturated carbocycles. The van der Waals surface area contributed by atoms with Gasteiger partial charge >= 0.3 is 5.97 Å². The van der Waals surface area contributed by atoms with Gasteiger partial charge in [0.15, 0.2) is 5.69 Å². The van der Waals surface area contributed by atoms with E-state index in [1.54, 1.807) is 31.6 Å². The van der Waals surface area contributed by atoms with Crippen LogP contribution < -0.4 is 5.73 Å². The van der Waals surface area contributed by atoms with E-state index >= 15 is 0 Å². The van der Waals surface area contributed by atoms with E-state index in [-0.39, 0.29) is 6.61 Å². The second-order valence-electron chi connectivity index (χ2n) is 4.12. The van der Waals surface area contributed by atoms with Crippen molar-refractivity contribution < 1.29 is 9.53 Å². The van der Waals surface area contributed by atoms with Gasteiger partial charge in [0.05, 0.1) is 11.4 Å². The second-order valence-corrected chi connectivity index (χ2v) is 4.12. The molecule has 0 atom stereocenters. The van der Waals surface area contributed by atoms with E-state index in [0.29, 0.717) is 23.5 Å². The van der Waals surface area contributed by atoms with Crippen LogP contribution in [0.2, 0.25) is 0 Å². The Kier molecular flexibility index (Phi) is 3.79. The molecular weight excluding hydrogens is 244 g/mol. The molecule has 100 valence electrons. The normalized spacial score (nSPS) is 10.4. The lowest BCUT2D eigenvalue weighted by molar-refractivity contribution is 0.0461. The number of carbonyl (C=O) groups is 1. The summed E-state index contributed by atoms with van der Waals surface area (Å²) in [5, 5.41) is 4.19. The van der Waals surface area contributed by atoms with Crippen LogP contribution in [0.25, 0.3) is 0 Å². The van der Waals surface area contributed by atoms with Gasteiger partial charge in [0.25, 0.3) is 0 Å². The molecule has 0 amide bonds. The highest BCUT2D eigenvalue weighted by molar-refractivity contribution is 5.93. The van der Waals surface area contributed by atoms with Gasteiger partial charge in [-0.25, -0.2) is 4.79 Å². The fraction of sp³-hybridized carbons (Fsp3) is 0.308. The molecule has 6 heteroatoms. The summed E-state index contributed by atoms with van der Waals surface area (Å²) in [5.41, 5.74) is 8.16. The molecule has 0 aliphatic carbocycles. The maximum Gasteiger partial charge on any atom is 0.359 e. The quantitative estimate of drug-likeness (QED) is 0.838. The molecule has 2 aromatic rings. The van der Waals surface area contributed by atoms with Crippen LogP contribution in [0.3, 0.4) is 0 Å². The molecule has 6 nitrogen and oxygen atoms in total. The monoisotopic (exact) mass is 260 g/mol.